The molecule has 7 heavy (non-hydrogen) atoms. The van der Waals surface area contributed by atoms with Gasteiger partial charge in [-0.2, -0.15) is 0 Å². The third-order valence-electron chi connectivity index (χ3n) is 0.246. The second-order valence-electron chi connectivity index (χ2n) is 0.614. The number of urea groups is 1. The minimum atomic E-state index is -0.434. The summed E-state index contributed by atoms with van der Waals surface area (Å²) in [6, 6.07) is -0.434. The SMILES string of the molecule is NC(=O)N[SiH3].O[SiH3]. The summed E-state index contributed by atoms with van der Waals surface area (Å²) in [6.45, 7) is 0. The van der Waals surface area contributed by atoms with Gasteiger partial charge in [-0.1, -0.05) is 0 Å². The van der Waals surface area contributed by atoms with E-state index in [0.717, 1.165) is 0 Å². The maximum Gasteiger partial charge on any atom is 0.303 e. The minimum absolute atomic E-state index is 0.306. The van der Waals surface area contributed by atoms with Crippen LogP contribution in [0, 0.1) is 0 Å². The molecule has 0 saturated carbocycles. The largest absolute Gasteiger partial charge is 0.442 e. The number of carbonyl (C=O) groups excluding carboxylic acids is 1. The first-order chi connectivity index (χ1) is 3.27. The highest BCUT2D eigenvalue weighted by Crippen LogP contribution is 1.37. The van der Waals surface area contributed by atoms with Gasteiger partial charge in [-0.3, -0.25) is 4.79 Å². The summed E-state index contributed by atoms with van der Waals surface area (Å²) >= 11 is 0. The highest BCUT2D eigenvalue weighted by atomic mass is 28.2. The molecule has 0 aromatic heterocycles. The smallest absolute Gasteiger partial charge is 0.303 e. The van der Waals surface area contributed by atoms with E-state index in [9.17, 15) is 4.79 Å². The van der Waals surface area contributed by atoms with Gasteiger partial charge in [-0.05, 0) is 0 Å². The summed E-state index contributed by atoms with van der Waals surface area (Å²) in [5.74, 6) is 0. The summed E-state index contributed by atoms with van der Waals surface area (Å²) in [5.41, 5.74) is 4.58. The van der Waals surface area contributed by atoms with Crippen molar-refractivity contribution in [3.05, 3.63) is 0 Å². The second kappa shape index (κ2) is 9.18. The molecule has 0 aliphatic carbocycles. The third kappa shape index (κ3) is 27.5. The van der Waals surface area contributed by atoms with E-state index >= 15 is 0 Å². The van der Waals surface area contributed by atoms with Crippen molar-refractivity contribution in [2.45, 2.75) is 0 Å². The molecule has 0 rings (SSSR count). The normalized spacial score (nSPS) is 6.43. The average Bonchev–Trinajstić information content (AvgIpc) is 1.73. The van der Waals surface area contributed by atoms with Crippen molar-refractivity contribution in [1.29, 1.82) is 0 Å². The maximum absolute atomic E-state index is 9.51. The molecule has 6 heteroatoms. The van der Waals surface area contributed by atoms with E-state index in [1.165, 1.54) is 0 Å². The molecule has 0 spiro atoms. The zero-order valence-electron chi connectivity index (χ0n) is 4.43. The van der Waals surface area contributed by atoms with Crippen LogP contribution < -0.4 is 10.7 Å². The molecule has 2 amide bonds. The predicted octanol–water partition coefficient (Wildman–Crippen LogP) is -3.81. The summed E-state index contributed by atoms with van der Waals surface area (Å²) < 4.78 is 0. The minimum Gasteiger partial charge on any atom is -0.442 e. The van der Waals surface area contributed by atoms with Crippen LogP contribution in [-0.4, -0.2) is 31.7 Å². The summed E-state index contributed by atoms with van der Waals surface area (Å²) in [6.07, 6.45) is 0. The van der Waals surface area contributed by atoms with Gasteiger partial charge in [-0.25, -0.2) is 0 Å². The van der Waals surface area contributed by atoms with E-state index in [1.807, 2.05) is 0 Å². The number of nitrogens with two attached hydrogens (primary N) is 1. The van der Waals surface area contributed by atoms with Crippen LogP contribution in [0.15, 0.2) is 0 Å². The quantitative estimate of drug-likeness (QED) is 0.300. The van der Waals surface area contributed by atoms with E-state index in [4.69, 9.17) is 4.80 Å². The lowest BCUT2D eigenvalue weighted by molar-refractivity contribution is 0.254. The number of hydrogen-bond acceptors (Lipinski definition) is 2. The summed E-state index contributed by atoms with van der Waals surface area (Å²) in [5, 5.41) is 0. The van der Waals surface area contributed by atoms with Crippen molar-refractivity contribution in [3.8, 4) is 0 Å². The Bertz CT molecular complexity index is 49.0. The predicted molar refractivity (Wildman–Crippen MR) is 34.8 cm³/mol. The van der Waals surface area contributed by atoms with Crippen molar-refractivity contribution < 1.29 is 9.59 Å². The molecule has 0 atom stereocenters. The number of primary amides is 1. The van der Waals surface area contributed by atoms with E-state index in [2.05, 4.69) is 10.7 Å². The molecular formula is CH10N2O2Si2. The van der Waals surface area contributed by atoms with Crippen LogP contribution in [-0.2, 0) is 0 Å². The number of nitrogens with one attached hydrogen (secondary N) is 1. The van der Waals surface area contributed by atoms with Gasteiger partial charge in [0.25, 0.3) is 0 Å². The monoisotopic (exact) mass is 138 g/mol. The van der Waals surface area contributed by atoms with Crippen molar-refractivity contribution in [2.75, 3.05) is 0 Å². The molecular weight excluding hydrogens is 128 g/mol. The Morgan fingerprint density at radius 3 is 1.86 bits per heavy atom. The van der Waals surface area contributed by atoms with E-state index in [1.54, 1.807) is 0 Å². The van der Waals surface area contributed by atoms with Crippen LogP contribution in [0.25, 0.3) is 0 Å². The Hall–Kier alpha value is -0.336. The average molecular weight is 138 g/mol. The molecule has 0 unspecified atom stereocenters. The summed E-state index contributed by atoms with van der Waals surface area (Å²) in [4.78, 5) is 19.0. The first-order valence-corrected chi connectivity index (χ1v) is 3.58. The van der Waals surface area contributed by atoms with Crippen molar-refractivity contribution in [3.63, 3.8) is 0 Å². The Kier molecular flexibility index (Phi) is 12.9. The van der Waals surface area contributed by atoms with Crippen LogP contribution in [0.3, 0.4) is 0 Å². The number of carbonyl (C=O) groups is 1. The van der Waals surface area contributed by atoms with Gasteiger partial charge in [0.1, 0.15) is 20.9 Å². The molecule has 0 bridgehead atoms. The molecule has 0 radical (unpaired) electrons. The molecule has 0 aliphatic rings. The van der Waals surface area contributed by atoms with Crippen LogP contribution >= 0.6 is 0 Å². The summed E-state index contributed by atoms with van der Waals surface area (Å²) in [7, 11) is 0.954. The van der Waals surface area contributed by atoms with Crippen molar-refractivity contribution in [1.82, 2.24) is 4.98 Å². The zero-order chi connectivity index (χ0) is 6.28. The molecule has 0 heterocycles. The standard InChI is InChI=1S/CH6N2OSi.H4OSi/c2-1(4)3-5;1-2/h5H3,(H3,2,3,4);1H,2H3. The fraction of sp³-hybridized carbons (Fsp3) is 0. The Labute approximate surface area is 48.1 Å². The Balaban J connectivity index is 0. The lowest BCUT2D eigenvalue weighted by Gasteiger charge is -1.80. The zero-order valence-corrected chi connectivity index (χ0v) is 8.43. The second-order valence-corrected chi connectivity index (χ2v) is 1.11. The lowest BCUT2D eigenvalue weighted by Crippen LogP contribution is -2.26. The van der Waals surface area contributed by atoms with Gasteiger partial charge < -0.3 is 15.5 Å². The topological polar surface area (TPSA) is 75.4 Å². The highest BCUT2D eigenvalue weighted by molar-refractivity contribution is 6.13. The molecule has 0 fully saturated rings. The van der Waals surface area contributed by atoms with Crippen LogP contribution in [0.5, 0.6) is 0 Å². The first kappa shape index (κ1) is 9.83. The number of hydrogen-bond donors (Lipinski definition) is 3. The molecule has 0 aromatic carbocycles. The van der Waals surface area contributed by atoms with Gasteiger partial charge in [0, 0.05) is 0 Å². The Morgan fingerprint density at radius 1 is 1.71 bits per heavy atom. The lowest BCUT2D eigenvalue weighted by atomic mass is 11.2. The van der Waals surface area contributed by atoms with Crippen LogP contribution in [0.1, 0.15) is 0 Å². The Morgan fingerprint density at radius 2 is 1.86 bits per heavy atom. The molecule has 4 N–H and O–H groups in total. The molecule has 0 saturated heterocycles. The van der Waals surface area contributed by atoms with E-state index in [-0.39, 0.29) is 0 Å². The van der Waals surface area contributed by atoms with Gasteiger partial charge in [-0.15, -0.1) is 0 Å². The molecule has 4 nitrogen and oxygen atoms in total. The van der Waals surface area contributed by atoms with Crippen molar-refractivity contribution in [2.24, 2.45) is 5.73 Å². The van der Waals surface area contributed by atoms with Crippen molar-refractivity contribution >= 4 is 26.9 Å². The maximum atomic E-state index is 9.51. The number of amides is 2. The number of rotatable bonds is 0. The van der Waals surface area contributed by atoms with Gasteiger partial charge in [0.05, 0.1) is 0 Å². The van der Waals surface area contributed by atoms with Gasteiger partial charge >= 0.3 is 6.03 Å². The fourth-order valence-corrected chi connectivity index (χ4v) is 0. The molecule has 0 aliphatic heterocycles. The fourth-order valence-electron chi connectivity index (χ4n) is 0. The van der Waals surface area contributed by atoms with E-state index < -0.39 is 6.03 Å². The first-order valence-electron chi connectivity index (χ1n) is 1.69. The van der Waals surface area contributed by atoms with Gasteiger partial charge in [0.15, 0.2) is 0 Å². The van der Waals surface area contributed by atoms with Gasteiger partial charge in [0.2, 0.25) is 0 Å². The van der Waals surface area contributed by atoms with Crippen LogP contribution in [0.2, 0.25) is 0 Å². The highest BCUT2D eigenvalue weighted by Gasteiger charge is 1.72. The third-order valence-corrected chi connectivity index (χ3v) is 0.739. The van der Waals surface area contributed by atoms with Crippen LogP contribution in [0.4, 0.5) is 4.79 Å². The molecule has 0 aromatic rings. The molecule has 44 valence electrons. The van der Waals surface area contributed by atoms with E-state index in [0.29, 0.717) is 20.9 Å².